The van der Waals surface area contributed by atoms with Crippen LogP contribution in [-0.2, 0) is 31.8 Å². The number of piperidine rings is 2. The van der Waals surface area contributed by atoms with E-state index in [9.17, 15) is 28.5 Å². The molecule has 1 N–H and O–H groups in total. The van der Waals surface area contributed by atoms with Crippen LogP contribution in [0, 0.1) is 0 Å². The number of nitrogens with zero attached hydrogens (tertiary/aromatic N) is 6. The highest BCUT2D eigenvalue weighted by molar-refractivity contribution is 7.70. The Morgan fingerprint density at radius 3 is 2.34 bits per heavy atom. The average Bonchev–Trinajstić information content (AvgIpc) is 3.58. The molecule has 3 aromatic carbocycles. The summed E-state index contributed by atoms with van der Waals surface area (Å²) >= 11 is 6.57. The third kappa shape index (κ3) is 11.1. The minimum atomic E-state index is -2.48. The standard InChI is InChI=1S/C50H59ClN7O8P/c1-65-42-31-36(17-16-33(42)30-44-52-32-38(51)39(53-44)29-34-11-7-8-14-43(34)67(2,3)64)55-22-20-35(21-23-55)56-24-26-57(27-25-56)46(60)15-6-4-5-9-28-66-41-13-10-12-37-47(41)50(63)58(49(37)62)40-18-19-45(59)54-48(40)61/h7-8,10-14,16-17,31-32,35,40H,4-6,9,15,18-30H2,1-3H3,(H,54,59,61). The molecule has 4 aliphatic heterocycles. The number of anilines is 1. The number of amides is 5. The Labute approximate surface area is 396 Å². The first-order valence-corrected chi connectivity index (χ1v) is 26.3. The van der Waals surface area contributed by atoms with Crippen LogP contribution in [0.15, 0.2) is 66.9 Å². The molecule has 15 nitrogen and oxygen atoms in total. The lowest BCUT2D eigenvalue weighted by molar-refractivity contribution is -0.136. The second kappa shape index (κ2) is 21.1. The van der Waals surface area contributed by atoms with Crippen molar-refractivity contribution in [3.05, 3.63) is 106 Å². The minimum absolute atomic E-state index is 0.0586. The first kappa shape index (κ1) is 47.8. The van der Waals surface area contributed by atoms with E-state index in [-0.39, 0.29) is 29.9 Å². The third-order valence-corrected chi connectivity index (χ3v) is 15.3. The SMILES string of the molecule is COc1cc(N2CCC(N3CCN(C(=O)CCCCCCOc4cccc5c4C(=O)N(C4CCC(=O)NC4=O)C5=O)CC3)CC2)ccc1Cc1ncc(Cl)c(Cc2ccccc2P(C)(C)=O)n1. The van der Waals surface area contributed by atoms with Crippen molar-refractivity contribution >= 4 is 59.3 Å². The molecule has 0 saturated carbocycles. The Balaban J connectivity index is 0.735. The number of methoxy groups -OCH3 is 1. The van der Waals surface area contributed by atoms with E-state index in [0.717, 1.165) is 111 Å². The van der Waals surface area contributed by atoms with Crippen molar-refractivity contribution in [2.24, 2.45) is 0 Å². The number of benzene rings is 3. The number of unbranched alkanes of at least 4 members (excludes halogenated alkanes) is 3. The molecule has 17 heteroatoms. The predicted octanol–water partition coefficient (Wildman–Crippen LogP) is 6.11. The number of carbonyl (C=O) groups is 5. The number of carbonyl (C=O) groups excluding carboxylic acids is 5. The van der Waals surface area contributed by atoms with E-state index >= 15 is 0 Å². The van der Waals surface area contributed by atoms with Gasteiger partial charge in [0.05, 0.1) is 35.6 Å². The van der Waals surface area contributed by atoms with E-state index in [1.54, 1.807) is 44.8 Å². The summed E-state index contributed by atoms with van der Waals surface area (Å²) in [5.41, 5.74) is 4.09. The molecule has 354 valence electrons. The van der Waals surface area contributed by atoms with Gasteiger partial charge in [-0.3, -0.25) is 39.1 Å². The molecule has 67 heavy (non-hydrogen) atoms. The van der Waals surface area contributed by atoms with Crippen LogP contribution in [0.2, 0.25) is 5.02 Å². The van der Waals surface area contributed by atoms with Gasteiger partial charge in [0.2, 0.25) is 17.7 Å². The molecule has 0 aliphatic carbocycles. The van der Waals surface area contributed by atoms with E-state index < -0.39 is 36.8 Å². The molecule has 3 saturated heterocycles. The van der Waals surface area contributed by atoms with E-state index in [1.165, 1.54) is 0 Å². The van der Waals surface area contributed by atoms with Crippen molar-refractivity contribution in [3.63, 3.8) is 0 Å². The van der Waals surface area contributed by atoms with Crippen molar-refractivity contribution in [1.82, 2.24) is 30.0 Å². The molecule has 0 spiro atoms. The van der Waals surface area contributed by atoms with Gasteiger partial charge < -0.3 is 23.8 Å². The van der Waals surface area contributed by atoms with Crippen LogP contribution < -0.4 is 25.0 Å². The molecule has 4 aliphatic rings. The van der Waals surface area contributed by atoms with Crippen molar-refractivity contribution in [2.45, 2.75) is 82.7 Å². The molecule has 0 bridgehead atoms. The fourth-order valence-electron chi connectivity index (χ4n) is 9.77. The average molecular weight is 952 g/mol. The highest BCUT2D eigenvalue weighted by Crippen LogP contribution is 2.37. The van der Waals surface area contributed by atoms with Gasteiger partial charge >= 0.3 is 0 Å². The maximum absolute atomic E-state index is 13.3. The maximum Gasteiger partial charge on any atom is 0.266 e. The second-order valence-corrected chi connectivity index (χ2v) is 21.8. The number of hydrogen-bond acceptors (Lipinski definition) is 12. The summed E-state index contributed by atoms with van der Waals surface area (Å²) in [7, 11) is -0.796. The molecule has 0 radical (unpaired) electrons. The summed E-state index contributed by atoms with van der Waals surface area (Å²) in [4.78, 5) is 80.9. The molecule has 5 heterocycles. The number of piperazine rings is 1. The quantitative estimate of drug-likeness (QED) is 0.0733. The Morgan fingerprint density at radius 1 is 0.836 bits per heavy atom. The lowest BCUT2D eigenvalue weighted by atomic mass is 10.0. The summed E-state index contributed by atoms with van der Waals surface area (Å²) in [6.07, 6.45) is 8.55. The monoisotopic (exact) mass is 951 g/mol. The van der Waals surface area contributed by atoms with Crippen LogP contribution in [0.3, 0.4) is 0 Å². The van der Waals surface area contributed by atoms with E-state index in [0.29, 0.717) is 54.2 Å². The van der Waals surface area contributed by atoms with Gasteiger partial charge in [-0.15, -0.1) is 0 Å². The highest BCUT2D eigenvalue weighted by atomic mass is 35.5. The topological polar surface area (TPSA) is 172 Å². The number of hydrogen-bond donors (Lipinski definition) is 1. The molecule has 8 rings (SSSR count). The number of halogens is 1. The molecular weight excluding hydrogens is 893 g/mol. The van der Waals surface area contributed by atoms with Gasteiger partial charge in [-0.1, -0.05) is 60.8 Å². The van der Waals surface area contributed by atoms with Crippen molar-refractivity contribution < 1.29 is 38.0 Å². The van der Waals surface area contributed by atoms with Gasteiger partial charge in [0.15, 0.2) is 0 Å². The molecule has 3 fully saturated rings. The van der Waals surface area contributed by atoms with Gasteiger partial charge in [0, 0.05) is 99.8 Å². The molecule has 5 amide bonds. The molecule has 1 unspecified atom stereocenters. The zero-order valence-corrected chi connectivity index (χ0v) is 40.2. The molecule has 4 aromatic rings. The fraction of sp³-hybridized carbons (Fsp3) is 0.460. The Morgan fingerprint density at radius 2 is 1.60 bits per heavy atom. The first-order valence-electron chi connectivity index (χ1n) is 23.3. The lowest BCUT2D eigenvalue weighted by Crippen LogP contribution is -2.54. The Hall–Kier alpha value is -5.63. The lowest BCUT2D eigenvalue weighted by Gasteiger charge is -2.43. The van der Waals surface area contributed by atoms with Crippen molar-refractivity contribution in [1.29, 1.82) is 0 Å². The number of aromatic nitrogens is 2. The van der Waals surface area contributed by atoms with Gasteiger partial charge in [-0.05, 0) is 69.2 Å². The van der Waals surface area contributed by atoms with Crippen LogP contribution in [0.4, 0.5) is 5.69 Å². The predicted molar refractivity (Wildman–Crippen MR) is 256 cm³/mol. The van der Waals surface area contributed by atoms with Gasteiger partial charge in [-0.2, -0.15) is 0 Å². The van der Waals surface area contributed by atoms with E-state index in [2.05, 4.69) is 38.3 Å². The summed E-state index contributed by atoms with van der Waals surface area (Å²) in [5, 5.41) is 3.53. The fourth-order valence-corrected chi connectivity index (χ4v) is 11.2. The van der Waals surface area contributed by atoms with Crippen LogP contribution >= 0.6 is 18.7 Å². The van der Waals surface area contributed by atoms with E-state index in [1.807, 2.05) is 29.2 Å². The van der Waals surface area contributed by atoms with Crippen LogP contribution in [-0.4, -0.2) is 133 Å². The van der Waals surface area contributed by atoms with Crippen LogP contribution in [0.1, 0.15) is 101 Å². The first-order chi connectivity index (χ1) is 32.3. The van der Waals surface area contributed by atoms with Gasteiger partial charge in [0.25, 0.3) is 11.8 Å². The number of ether oxygens (including phenoxy) is 2. The van der Waals surface area contributed by atoms with Crippen LogP contribution in [0.25, 0.3) is 0 Å². The maximum atomic E-state index is 13.3. The number of fused-ring (bicyclic) bond motifs is 1. The zero-order chi connectivity index (χ0) is 47.2. The highest BCUT2D eigenvalue weighted by Gasteiger charge is 2.46. The molecule has 1 atom stereocenters. The summed E-state index contributed by atoms with van der Waals surface area (Å²) in [5.74, 6) is -0.296. The zero-order valence-electron chi connectivity index (χ0n) is 38.5. The Bertz CT molecular complexity index is 2570. The molecule has 1 aromatic heterocycles. The summed E-state index contributed by atoms with van der Waals surface area (Å²) in [6, 6.07) is 18.4. The number of rotatable bonds is 17. The van der Waals surface area contributed by atoms with Gasteiger partial charge in [-0.25, -0.2) is 9.97 Å². The smallest absolute Gasteiger partial charge is 0.266 e. The number of nitrogens with one attached hydrogen (secondary N) is 1. The number of imide groups is 2. The van der Waals surface area contributed by atoms with Gasteiger partial charge in [0.1, 0.15) is 30.5 Å². The third-order valence-electron chi connectivity index (χ3n) is 13.4. The minimum Gasteiger partial charge on any atom is -0.496 e. The summed E-state index contributed by atoms with van der Waals surface area (Å²) in [6.45, 7) is 8.98. The largest absolute Gasteiger partial charge is 0.496 e. The Kier molecular flexibility index (Phi) is 15.1. The van der Waals surface area contributed by atoms with Crippen molar-refractivity contribution in [2.75, 3.05) is 71.2 Å². The normalized spacial score (nSPS) is 18.3. The second-order valence-electron chi connectivity index (χ2n) is 18.2. The van der Waals surface area contributed by atoms with Crippen molar-refractivity contribution in [3.8, 4) is 11.5 Å². The van der Waals surface area contributed by atoms with E-state index in [4.69, 9.17) is 26.1 Å². The van der Waals surface area contributed by atoms with Crippen LogP contribution in [0.5, 0.6) is 11.5 Å². The molecular formula is C50H59ClN7O8P. The summed E-state index contributed by atoms with van der Waals surface area (Å²) < 4.78 is 24.8.